The summed E-state index contributed by atoms with van der Waals surface area (Å²) in [5.74, 6) is -0.633. The number of anilines is 1. The standard InChI is InChI=1S/C16H22N2O5S/c1-12-11-23-9-8-18(12)16(20)13-3-5-14(6-4-13)17-15(19)7-10-24(2,21)22/h3-6,12H,7-11H2,1-2H3,(H,17,19). The van der Waals surface area contributed by atoms with Gasteiger partial charge >= 0.3 is 0 Å². The Kier molecular flexibility index (Phi) is 5.95. The Hall–Kier alpha value is -1.93. The van der Waals surface area contributed by atoms with Gasteiger partial charge in [0.2, 0.25) is 5.91 Å². The Balaban J connectivity index is 1.95. The lowest BCUT2D eigenvalue weighted by Gasteiger charge is -2.33. The molecule has 24 heavy (non-hydrogen) atoms. The Morgan fingerprint density at radius 3 is 2.54 bits per heavy atom. The third-order valence-corrected chi connectivity index (χ3v) is 4.69. The zero-order valence-electron chi connectivity index (χ0n) is 13.8. The minimum atomic E-state index is -3.17. The van der Waals surface area contributed by atoms with E-state index in [0.717, 1.165) is 6.26 Å². The zero-order valence-corrected chi connectivity index (χ0v) is 14.6. The van der Waals surface area contributed by atoms with Crippen molar-refractivity contribution in [3.8, 4) is 0 Å². The van der Waals surface area contributed by atoms with Crippen molar-refractivity contribution in [3.05, 3.63) is 29.8 Å². The molecule has 1 saturated heterocycles. The molecule has 0 saturated carbocycles. The van der Waals surface area contributed by atoms with Gasteiger partial charge in [0.15, 0.2) is 0 Å². The first kappa shape index (κ1) is 18.4. The second-order valence-electron chi connectivity index (χ2n) is 5.93. The summed E-state index contributed by atoms with van der Waals surface area (Å²) in [6.07, 6.45) is 0.998. The molecule has 1 fully saturated rings. The third kappa shape index (κ3) is 5.31. The van der Waals surface area contributed by atoms with Gasteiger partial charge < -0.3 is 15.0 Å². The Morgan fingerprint density at radius 1 is 1.29 bits per heavy atom. The molecular formula is C16H22N2O5S. The van der Waals surface area contributed by atoms with Crippen LogP contribution >= 0.6 is 0 Å². The van der Waals surface area contributed by atoms with E-state index in [1.54, 1.807) is 29.2 Å². The summed E-state index contributed by atoms with van der Waals surface area (Å²) in [5, 5.41) is 2.62. The fourth-order valence-corrected chi connectivity index (χ4v) is 2.95. The lowest BCUT2D eigenvalue weighted by atomic mass is 10.1. The molecule has 1 heterocycles. The van der Waals surface area contributed by atoms with E-state index in [4.69, 9.17) is 4.74 Å². The van der Waals surface area contributed by atoms with Crippen molar-refractivity contribution in [2.45, 2.75) is 19.4 Å². The molecule has 0 aliphatic carbocycles. The van der Waals surface area contributed by atoms with E-state index in [-0.39, 0.29) is 30.0 Å². The molecule has 1 N–H and O–H groups in total. The lowest BCUT2D eigenvalue weighted by Crippen LogP contribution is -2.47. The van der Waals surface area contributed by atoms with Crippen LogP contribution in [0.2, 0.25) is 0 Å². The molecule has 1 aliphatic rings. The summed E-state index contributed by atoms with van der Waals surface area (Å²) in [4.78, 5) is 25.9. The van der Waals surface area contributed by atoms with Crippen LogP contribution in [0.1, 0.15) is 23.7 Å². The average Bonchev–Trinajstić information content (AvgIpc) is 2.53. The normalized spacial score (nSPS) is 18.2. The van der Waals surface area contributed by atoms with Gasteiger partial charge in [0.25, 0.3) is 5.91 Å². The molecule has 0 radical (unpaired) electrons. The quantitative estimate of drug-likeness (QED) is 0.849. The fraction of sp³-hybridized carbons (Fsp3) is 0.500. The monoisotopic (exact) mass is 354 g/mol. The highest BCUT2D eigenvalue weighted by Crippen LogP contribution is 2.15. The van der Waals surface area contributed by atoms with Gasteiger partial charge in [0.1, 0.15) is 9.84 Å². The second-order valence-corrected chi connectivity index (χ2v) is 8.19. The van der Waals surface area contributed by atoms with Crippen LogP contribution in [0, 0.1) is 0 Å². The van der Waals surface area contributed by atoms with Crippen LogP contribution in [-0.2, 0) is 19.4 Å². The lowest BCUT2D eigenvalue weighted by molar-refractivity contribution is -0.115. The van der Waals surface area contributed by atoms with Crippen LogP contribution in [0.3, 0.4) is 0 Å². The van der Waals surface area contributed by atoms with Crippen molar-refractivity contribution in [2.24, 2.45) is 0 Å². The van der Waals surface area contributed by atoms with Gasteiger partial charge in [-0.2, -0.15) is 0 Å². The topological polar surface area (TPSA) is 92.8 Å². The van der Waals surface area contributed by atoms with Crippen LogP contribution in [0.4, 0.5) is 5.69 Å². The number of benzene rings is 1. The number of hydrogen-bond donors (Lipinski definition) is 1. The van der Waals surface area contributed by atoms with Gasteiger partial charge in [-0.3, -0.25) is 9.59 Å². The zero-order chi connectivity index (χ0) is 17.7. The first-order valence-corrected chi connectivity index (χ1v) is 9.78. The van der Waals surface area contributed by atoms with Gasteiger partial charge in [0, 0.05) is 30.5 Å². The molecule has 132 valence electrons. The largest absolute Gasteiger partial charge is 0.377 e. The first-order chi connectivity index (χ1) is 11.3. The molecule has 0 bridgehead atoms. The number of amides is 2. The Labute approximate surface area is 141 Å². The van der Waals surface area contributed by atoms with Gasteiger partial charge in [-0.05, 0) is 31.2 Å². The van der Waals surface area contributed by atoms with E-state index in [0.29, 0.717) is 31.0 Å². The van der Waals surface area contributed by atoms with E-state index in [1.165, 1.54) is 0 Å². The number of nitrogens with one attached hydrogen (secondary N) is 1. The number of rotatable bonds is 5. The van der Waals surface area contributed by atoms with E-state index in [9.17, 15) is 18.0 Å². The highest BCUT2D eigenvalue weighted by molar-refractivity contribution is 7.90. The average molecular weight is 354 g/mol. The molecule has 8 heteroatoms. The minimum absolute atomic E-state index is 0.0293. The van der Waals surface area contributed by atoms with Crippen molar-refractivity contribution >= 4 is 27.3 Å². The summed E-state index contributed by atoms with van der Waals surface area (Å²) in [5.41, 5.74) is 1.07. The maximum absolute atomic E-state index is 12.5. The molecule has 0 spiro atoms. The fourth-order valence-electron chi connectivity index (χ4n) is 2.39. The predicted octanol–water partition coefficient (Wildman–Crippen LogP) is 0.921. The third-order valence-electron chi connectivity index (χ3n) is 3.74. The number of carbonyl (C=O) groups is 2. The summed E-state index contributed by atoms with van der Waals surface area (Å²) in [6, 6.07) is 6.60. The molecule has 1 unspecified atom stereocenters. The molecule has 2 amide bonds. The Bertz CT molecular complexity index is 700. The van der Waals surface area contributed by atoms with Crippen molar-refractivity contribution in [3.63, 3.8) is 0 Å². The Morgan fingerprint density at radius 2 is 1.96 bits per heavy atom. The maximum atomic E-state index is 12.5. The molecule has 1 aromatic rings. The van der Waals surface area contributed by atoms with Gasteiger partial charge in [-0.25, -0.2) is 8.42 Å². The molecule has 1 aromatic carbocycles. The molecule has 7 nitrogen and oxygen atoms in total. The highest BCUT2D eigenvalue weighted by Gasteiger charge is 2.24. The smallest absolute Gasteiger partial charge is 0.254 e. The van der Waals surface area contributed by atoms with E-state index >= 15 is 0 Å². The molecular weight excluding hydrogens is 332 g/mol. The first-order valence-electron chi connectivity index (χ1n) is 7.72. The SMILES string of the molecule is CC1COCCN1C(=O)c1ccc(NC(=O)CCS(C)(=O)=O)cc1. The molecule has 2 rings (SSSR count). The number of ether oxygens (including phenoxy) is 1. The van der Waals surface area contributed by atoms with Crippen LogP contribution in [0.5, 0.6) is 0 Å². The van der Waals surface area contributed by atoms with Crippen LogP contribution in [0.25, 0.3) is 0 Å². The summed E-state index contributed by atoms with van der Waals surface area (Å²) < 4.78 is 27.4. The van der Waals surface area contributed by atoms with Gasteiger partial charge in [-0.15, -0.1) is 0 Å². The maximum Gasteiger partial charge on any atom is 0.254 e. The van der Waals surface area contributed by atoms with E-state index < -0.39 is 9.84 Å². The second kappa shape index (κ2) is 7.76. The predicted molar refractivity (Wildman–Crippen MR) is 90.7 cm³/mol. The summed E-state index contributed by atoms with van der Waals surface area (Å²) in [7, 11) is -3.17. The number of sulfone groups is 1. The van der Waals surface area contributed by atoms with Crippen LogP contribution in [0.15, 0.2) is 24.3 Å². The van der Waals surface area contributed by atoms with Crippen LogP contribution < -0.4 is 5.32 Å². The number of morpholine rings is 1. The molecule has 0 aromatic heterocycles. The van der Waals surface area contributed by atoms with Crippen molar-refractivity contribution in [1.82, 2.24) is 4.90 Å². The molecule has 1 aliphatic heterocycles. The van der Waals surface area contributed by atoms with Crippen molar-refractivity contribution in [1.29, 1.82) is 0 Å². The van der Waals surface area contributed by atoms with Gasteiger partial charge in [0.05, 0.1) is 25.0 Å². The molecule has 1 atom stereocenters. The summed E-state index contributed by atoms with van der Waals surface area (Å²) in [6.45, 7) is 3.56. The number of carbonyl (C=O) groups excluding carboxylic acids is 2. The van der Waals surface area contributed by atoms with E-state index in [2.05, 4.69) is 5.32 Å². The number of nitrogens with zero attached hydrogens (tertiary/aromatic N) is 1. The van der Waals surface area contributed by atoms with Crippen molar-refractivity contribution in [2.75, 3.05) is 37.1 Å². The number of hydrogen-bond acceptors (Lipinski definition) is 5. The van der Waals surface area contributed by atoms with Crippen LogP contribution in [-0.4, -0.2) is 62.9 Å². The van der Waals surface area contributed by atoms with Gasteiger partial charge in [-0.1, -0.05) is 0 Å². The van der Waals surface area contributed by atoms with E-state index in [1.807, 2.05) is 6.92 Å². The highest BCUT2D eigenvalue weighted by atomic mass is 32.2. The van der Waals surface area contributed by atoms with Crippen molar-refractivity contribution < 1.29 is 22.7 Å². The summed E-state index contributed by atoms with van der Waals surface area (Å²) >= 11 is 0. The minimum Gasteiger partial charge on any atom is -0.377 e.